The fourth-order valence-corrected chi connectivity index (χ4v) is 1.70. The molecule has 0 aliphatic heterocycles. The summed E-state index contributed by atoms with van der Waals surface area (Å²) in [6.07, 6.45) is 2.14. The number of amides is 2. The van der Waals surface area contributed by atoms with E-state index in [9.17, 15) is 9.59 Å². The summed E-state index contributed by atoms with van der Waals surface area (Å²) >= 11 is 0. The van der Waals surface area contributed by atoms with Gasteiger partial charge in [0, 0.05) is 11.7 Å². The molecule has 1 aliphatic carbocycles. The average molecular weight is 261 g/mol. The van der Waals surface area contributed by atoms with Crippen LogP contribution in [0.25, 0.3) is 0 Å². The van der Waals surface area contributed by atoms with Gasteiger partial charge in [0.2, 0.25) is 11.8 Å². The van der Waals surface area contributed by atoms with Crippen molar-refractivity contribution in [2.24, 2.45) is 0 Å². The van der Waals surface area contributed by atoms with Crippen molar-refractivity contribution >= 4 is 17.5 Å². The third-order valence-corrected chi connectivity index (χ3v) is 2.93. The zero-order valence-corrected chi connectivity index (χ0v) is 11.0. The molecule has 1 fully saturated rings. The lowest BCUT2D eigenvalue weighted by molar-refractivity contribution is -0.120. The third-order valence-electron chi connectivity index (χ3n) is 2.93. The second-order valence-corrected chi connectivity index (χ2v) is 4.81. The number of carbonyl (C=O) groups excluding carboxylic acids is 2. The van der Waals surface area contributed by atoms with Crippen LogP contribution in [0.4, 0.5) is 5.69 Å². The molecule has 19 heavy (non-hydrogen) atoms. The van der Waals surface area contributed by atoms with Gasteiger partial charge in [-0.25, -0.2) is 0 Å². The number of aryl methyl sites for hydroxylation is 1. The van der Waals surface area contributed by atoms with Gasteiger partial charge >= 0.3 is 0 Å². The van der Waals surface area contributed by atoms with Gasteiger partial charge in [0.1, 0.15) is 0 Å². The first kappa shape index (κ1) is 13.5. The summed E-state index contributed by atoms with van der Waals surface area (Å²) in [7, 11) is 0. The summed E-state index contributed by atoms with van der Waals surface area (Å²) in [6, 6.07) is 7.94. The molecule has 0 radical (unpaired) electrons. The van der Waals surface area contributed by atoms with Crippen LogP contribution >= 0.6 is 0 Å². The van der Waals surface area contributed by atoms with E-state index in [4.69, 9.17) is 0 Å². The van der Waals surface area contributed by atoms with Crippen molar-refractivity contribution in [1.82, 2.24) is 10.6 Å². The molecule has 1 aliphatic rings. The molecule has 1 aromatic rings. The molecule has 0 bridgehead atoms. The highest BCUT2D eigenvalue weighted by Gasteiger charge is 2.22. The van der Waals surface area contributed by atoms with Crippen LogP contribution in [-0.4, -0.2) is 30.9 Å². The minimum absolute atomic E-state index is 0.0498. The van der Waals surface area contributed by atoms with E-state index in [1.54, 1.807) is 0 Å². The first-order valence-corrected chi connectivity index (χ1v) is 6.50. The molecule has 2 amide bonds. The highest BCUT2D eigenvalue weighted by Crippen LogP contribution is 2.18. The van der Waals surface area contributed by atoms with Crippen molar-refractivity contribution in [2.45, 2.75) is 25.8 Å². The van der Waals surface area contributed by atoms with Gasteiger partial charge in [-0.2, -0.15) is 0 Å². The Morgan fingerprint density at radius 2 is 1.84 bits per heavy atom. The van der Waals surface area contributed by atoms with Crippen LogP contribution in [0.15, 0.2) is 24.3 Å². The van der Waals surface area contributed by atoms with Gasteiger partial charge in [0.15, 0.2) is 0 Å². The van der Waals surface area contributed by atoms with Crippen molar-refractivity contribution in [1.29, 1.82) is 0 Å². The molecule has 1 saturated carbocycles. The van der Waals surface area contributed by atoms with E-state index >= 15 is 0 Å². The van der Waals surface area contributed by atoms with Gasteiger partial charge < -0.3 is 10.6 Å². The van der Waals surface area contributed by atoms with E-state index in [0.717, 1.165) is 24.1 Å². The maximum atomic E-state index is 11.7. The number of benzene rings is 1. The molecule has 0 heterocycles. The molecule has 1 aromatic carbocycles. The summed E-state index contributed by atoms with van der Waals surface area (Å²) in [6.45, 7) is 2.25. The number of carbonyl (C=O) groups is 2. The summed E-state index contributed by atoms with van der Waals surface area (Å²) in [5.41, 5.74) is 1.82. The Hall–Kier alpha value is -1.88. The molecule has 0 spiro atoms. The zero-order valence-electron chi connectivity index (χ0n) is 11.0. The topological polar surface area (TPSA) is 70.2 Å². The summed E-state index contributed by atoms with van der Waals surface area (Å²) < 4.78 is 0. The van der Waals surface area contributed by atoms with Crippen LogP contribution in [0, 0.1) is 6.92 Å². The fourth-order valence-electron chi connectivity index (χ4n) is 1.70. The van der Waals surface area contributed by atoms with Crippen LogP contribution in [0.2, 0.25) is 0 Å². The van der Waals surface area contributed by atoms with Crippen LogP contribution in [0.3, 0.4) is 0 Å². The quantitative estimate of drug-likeness (QED) is 0.709. The van der Waals surface area contributed by atoms with Crippen molar-refractivity contribution < 1.29 is 9.59 Å². The van der Waals surface area contributed by atoms with Gasteiger partial charge in [0.25, 0.3) is 0 Å². The third kappa shape index (κ3) is 4.71. The standard InChI is InChI=1S/C14H19N3O2/c1-10-4-2-3-5-12(10)17-14(19)9-15-8-13(18)16-11-6-7-11/h2-5,11,15H,6-9H2,1H3,(H,16,18)(H,17,19). The smallest absolute Gasteiger partial charge is 0.238 e. The Morgan fingerprint density at radius 1 is 1.16 bits per heavy atom. The predicted octanol–water partition coefficient (Wildman–Crippen LogP) is 0.802. The van der Waals surface area contributed by atoms with Crippen molar-refractivity contribution in [3.05, 3.63) is 29.8 Å². The predicted molar refractivity (Wildman–Crippen MR) is 73.8 cm³/mol. The number of rotatable bonds is 6. The molecular formula is C14H19N3O2. The number of hydrogen-bond acceptors (Lipinski definition) is 3. The van der Waals surface area contributed by atoms with Crippen molar-refractivity contribution in [3.63, 3.8) is 0 Å². The number of anilines is 1. The first-order chi connectivity index (χ1) is 9.15. The second-order valence-electron chi connectivity index (χ2n) is 4.81. The van der Waals surface area contributed by atoms with Gasteiger partial charge in [-0.3, -0.25) is 14.9 Å². The van der Waals surface area contributed by atoms with Crippen molar-refractivity contribution in [3.8, 4) is 0 Å². The Kier molecular flexibility index (Phi) is 4.52. The molecule has 3 N–H and O–H groups in total. The summed E-state index contributed by atoms with van der Waals surface area (Å²) in [5, 5.41) is 8.49. The molecular weight excluding hydrogens is 242 g/mol. The van der Waals surface area contributed by atoms with Gasteiger partial charge in [-0.15, -0.1) is 0 Å². The molecule has 0 aromatic heterocycles. The van der Waals surface area contributed by atoms with Gasteiger partial charge in [0.05, 0.1) is 13.1 Å². The molecule has 5 heteroatoms. The van der Waals surface area contributed by atoms with E-state index in [1.165, 1.54) is 0 Å². The molecule has 0 saturated heterocycles. The largest absolute Gasteiger partial charge is 0.352 e. The molecule has 5 nitrogen and oxygen atoms in total. The Morgan fingerprint density at radius 3 is 2.53 bits per heavy atom. The number of para-hydroxylation sites is 1. The lowest BCUT2D eigenvalue weighted by atomic mass is 10.2. The highest BCUT2D eigenvalue weighted by molar-refractivity contribution is 5.93. The van der Waals surface area contributed by atoms with E-state index in [-0.39, 0.29) is 24.9 Å². The van der Waals surface area contributed by atoms with Crippen LogP contribution in [0.1, 0.15) is 18.4 Å². The average Bonchev–Trinajstić information content (AvgIpc) is 3.16. The molecule has 0 atom stereocenters. The summed E-state index contributed by atoms with van der Waals surface area (Å²) in [5.74, 6) is -0.195. The lowest BCUT2D eigenvalue weighted by Crippen LogP contribution is -2.38. The zero-order chi connectivity index (χ0) is 13.7. The van der Waals surface area contributed by atoms with Crippen LogP contribution in [-0.2, 0) is 9.59 Å². The van der Waals surface area contributed by atoms with Crippen LogP contribution < -0.4 is 16.0 Å². The minimum Gasteiger partial charge on any atom is -0.352 e. The second kappa shape index (κ2) is 6.33. The maximum absolute atomic E-state index is 11.7. The van der Waals surface area contributed by atoms with E-state index < -0.39 is 0 Å². The SMILES string of the molecule is Cc1ccccc1NC(=O)CNCC(=O)NC1CC1. The molecule has 2 rings (SSSR count). The summed E-state index contributed by atoms with van der Waals surface area (Å²) in [4.78, 5) is 23.1. The maximum Gasteiger partial charge on any atom is 0.238 e. The fraction of sp³-hybridized carbons (Fsp3) is 0.429. The van der Waals surface area contributed by atoms with E-state index in [0.29, 0.717) is 6.04 Å². The normalized spacial score (nSPS) is 13.9. The lowest BCUT2D eigenvalue weighted by Gasteiger charge is -2.09. The minimum atomic E-state index is -0.145. The van der Waals surface area contributed by atoms with Gasteiger partial charge in [-0.1, -0.05) is 18.2 Å². The molecule has 102 valence electrons. The number of nitrogens with one attached hydrogen (secondary N) is 3. The first-order valence-electron chi connectivity index (χ1n) is 6.50. The van der Waals surface area contributed by atoms with E-state index in [2.05, 4.69) is 16.0 Å². The Bertz CT molecular complexity index is 470. The monoisotopic (exact) mass is 261 g/mol. The van der Waals surface area contributed by atoms with E-state index in [1.807, 2.05) is 31.2 Å². The Labute approximate surface area is 112 Å². The van der Waals surface area contributed by atoms with Crippen LogP contribution in [0.5, 0.6) is 0 Å². The van der Waals surface area contributed by atoms with Crippen molar-refractivity contribution in [2.75, 3.05) is 18.4 Å². The molecule has 0 unspecified atom stereocenters. The van der Waals surface area contributed by atoms with Gasteiger partial charge in [-0.05, 0) is 31.4 Å². The number of hydrogen-bond donors (Lipinski definition) is 3. The Balaban J connectivity index is 1.66. The highest BCUT2D eigenvalue weighted by atomic mass is 16.2.